The molecule has 0 unspecified atom stereocenters. The Morgan fingerprint density at radius 1 is 1.09 bits per heavy atom. The van der Waals surface area contributed by atoms with E-state index in [2.05, 4.69) is 15.3 Å². The van der Waals surface area contributed by atoms with E-state index in [-0.39, 0.29) is 5.91 Å². The molecule has 2 aromatic heterocycles. The summed E-state index contributed by atoms with van der Waals surface area (Å²) in [6, 6.07) is 21.1. The molecule has 8 nitrogen and oxygen atoms in total. The molecule has 0 aliphatic carbocycles. The summed E-state index contributed by atoms with van der Waals surface area (Å²) >= 11 is 1.63. The van der Waals surface area contributed by atoms with E-state index < -0.39 is 6.04 Å². The Balaban J connectivity index is 1.31. The molecule has 9 heteroatoms. The van der Waals surface area contributed by atoms with E-state index in [4.69, 9.17) is 13.8 Å². The third kappa shape index (κ3) is 5.30. The van der Waals surface area contributed by atoms with Crippen molar-refractivity contribution in [3.05, 3.63) is 96.0 Å². The number of furan rings is 1. The molecule has 2 aromatic carbocycles. The average molecular weight is 489 g/mol. The van der Waals surface area contributed by atoms with Crippen LogP contribution in [-0.2, 0) is 16.3 Å². The zero-order valence-corrected chi connectivity index (χ0v) is 20.0. The number of hydrogen-bond donors (Lipinski definition) is 0. The smallest absolute Gasteiger partial charge is 0.254 e. The molecule has 1 aliphatic heterocycles. The number of likely N-dealkylation sites (tertiary alicyclic amines) is 1. The normalized spacial score (nSPS) is 16.7. The molecule has 4 aromatic rings. The van der Waals surface area contributed by atoms with Crippen LogP contribution in [0.3, 0.4) is 0 Å². The second-order valence-electron chi connectivity index (χ2n) is 8.06. The van der Waals surface area contributed by atoms with E-state index in [9.17, 15) is 4.79 Å². The minimum Gasteiger partial charge on any atom is -0.468 e. The van der Waals surface area contributed by atoms with E-state index in [1.807, 2.05) is 66.7 Å². The van der Waals surface area contributed by atoms with Crippen LogP contribution in [-0.4, -0.2) is 40.3 Å². The second kappa shape index (κ2) is 10.6. The lowest BCUT2D eigenvalue weighted by Crippen LogP contribution is -2.31. The first-order chi connectivity index (χ1) is 17.2. The topological polar surface area (TPSA) is 94.0 Å². The fraction of sp³-hybridized carbons (Fsp3) is 0.231. The predicted molar refractivity (Wildman–Crippen MR) is 133 cm³/mol. The maximum atomic E-state index is 13.5. The molecule has 1 saturated heterocycles. The molecule has 178 valence electrons. The van der Waals surface area contributed by atoms with E-state index in [0.717, 1.165) is 22.6 Å². The summed E-state index contributed by atoms with van der Waals surface area (Å²) in [4.78, 5) is 24.7. The lowest BCUT2D eigenvalue weighted by atomic mass is 10.0. The molecule has 3 heterocycles. The zero-order chi connectivity index (χ0) is 24.0. The maximum absolute atomic E-state index is 13.5. The first kappa shape index (κ1) is 22.9. The number of hydrogen-bond acceptors (Lipinski definition) is 8. The highest BCUT2D eigenvalue weighted by atomic mass is 32.2. The molecule has 0 spiro atoms. The largest absolute Gasteiger partial charge is 0.468 e. The lowest BCUT2D eigenvalue weighted by molar-refractivity contribution is 0.0713. The minimum absolute atomic E-state index is 0.122. The number of thioether (sulfide) groups is 1. The minimum atomic E-state index is -0.401. The van der Waals surface area contributed by atoms with Crippen LogP contribution in [0.2, 0.25) is 0 Å². The summed E-state index contributed by atoms with van der Waals surface area (Å²) in [6.07, 6.45) is 2.13. The van der Waals surface area contributed by atoms with Gasteiger partial charge in [-0.15, -0.1) is 11.8 Å². The zero-order valence-electron chi connectivity index (χ0n) is 19.2. The van der Waals surface area contributed by atoms with Crippen LogP contribution in [0, 0.1) is 0 Å². The summed E-state index contributed by atoms with van der Waals surface area (Å²) in [5, 5.41) is 8.20. The third-order valence-corrected chi connectivity index (χ3v) is 6.65. The molecule has 0 radical (unpaired) electrons. The van der Waals surface area contributed by atoms with Crippen LogP contribution < -0.4 is 0 Å². The Labute approximate surface area is 207 Å². The number of carbonyl (C=O) groups is 1. The van der Waals surface area contributed by atoms with Crippen molar-refractivity contribution in [1.29, 1.82) is 0 Å². The number of oxime groups is 1. The van der Waals surface area contributed by atoms with Crippen LogP contribution in [0.15, 0.2) is 87.1 Å². The standard InChI is InChI=1S/C26H24N4O4S/c1-32-28-21-14-23(25-27-24(29-34-25)17-35-16-22-8-5-13-33-22)30(15-21)26(31)20-11-9-19(10-12-20)18-6-3-2-4-7-18/h2-13,23H,14-17H2,1H3/b28-21+/t23-/m0/s1. The molecule has 35 heavy (non-hydrogen) atoms. The van der Waals surface area contributed by atoms with E-state index in [1.54, 1.807) is 22.9 Å². The number of aromatic nitrogens is 2. The molecule has 0 N–H and O–H groups in total. The molecular formula is C26H24N4O4S. The summed E-state index contributed by atoms with van der Waals surface area (Å²) < 4.78 is 10.9. The monoisotopic (exact) mass is 488 g/mol. The number of amides is 1. The van der Waals surface area contributed by atoms with Crippen molar-refractivity contribution in [1.82, 2.24) is 15.0 Å². The molecule has 5 rings (SSSR count). The summed E-state index contributed by atoms with van der Waals surface area (Å²) in [5.41, 5.74) is 3.49. The van der Waals surface area contributed by atoms with Gasteiger partial charge in [0.25, 0.3) is 5.91 Å². The van der Waals surface area contributed by atoms with Crippen molar-refractivity contribution in [2.24, 2.45) is 5.16 Å². The van der Waals surface area contributed by atoms with Gasteiger partial charge in [-0.05, 0) is 35.4 Å². The Morgan fingerprint density at radius 3 is 2.63 bits per heavy atom. The fourth-order valence-electron chi connectivity index (χ4n) is 4.03. The van der Waals surface area contributed by atoms with Gasteiger partial charge in [0.2, 0.25) is 5.89 Å². The van der Waals surface area contributed by atoms with Crippen LogP contribution in [0.4, 0.5) is 0 Å². The first-order valence-corrected chi connectivity index (χ1v) is 12.3. The highest BCUT2D eigenvalue weighted by Gasteiger charge is 2.38. The Hall–Kier alpha value is -3.85. The molecular weight excluding hydrogens is 464 g/mol. The Morgan fingerprint density at radius 2 is 1.89 bits per heavy atom. The van der Waals surface area contributed by atoms with Crippen molar-refractivity contribution in [2.75, 3.05) is 13.7 Å². The van der Waals surface area contributed by atoms with Gasteiger partial charge in [0.1, 0.15) is 18.9 Å². The highest BCUT2D eigenvalue weighted by Crippen LogP contribution is 2.32. The predicted octanol–water partition coefficient (Wildman–Crippen LogP) is 5.35. The SMILES string of the molecule is CO/N=C1\C[C@@H](c2nc(CSCc3ccco3)no2)N(C(=O)c2ccc(-c3ccccc3)cc2)C1. The molecule has 1 fully saturated rings. The fourth-order valence-corrected chi connectivity index (χ4v) is 4.80. The number of rotatable bonds is 8. The Kier molecular flexibility index (Phi) is 6.94. The van der Waals surface area contributed by atoms with Gasteiger partial charge in [-0.25, -0.2) is 0 Å². The molecule has 1 aliphatic rings. The first-order valence-electron chi connectivity index (χ1n) is 11.2. The number of carbonyl (C=O) groups excluding carboxylic acids is 1. The molecule has 1 atom stereocenters. The van der Waals surface area contributed by atoms with Gasteiger partial charge in [-0.2, -0.15) is 4.98 Å². The quantitative estimate of drug-likeness (QED) is 0.309. The van der Waals surface area contributed by atoms with E-state index in [0.29, 0.717) is 41.7 Å². The van der Waals surface area contributed by atoms with Crippen LogP contribution in [0.1, 0.15) is 40.3 Å². The summed E-state index contributed by atoms with van der Waals surface area (Å²) in [7, 11) is 1.50. The van der Waals surface area contributed by atoms with E-state index >= 15 is 0 Å². The van der Waals surface area contributed by atoms with Gasteiger partial charge in [0, 0.05) is 12.0 Å². The molecule has 1 amide bonds. The third-order valence-electron chi connectivity index (χ3n) is 5.70. The van der Waals surface area contributed by atoms with Crippen LogP contribution in [0.25, 0.3) is 11.1 Å². The second-order valence-corrected chi connectivity index (χ2v) is 9.04. The summed E-state index contributed by atoms with van der Waals surface area (Å²) in [5.74, 6) is 3.04. The lowest BCUT2D eigenvalue weighted by Gasteiger charge is -2.21. The number of nitrogens with zero attached hydrogens (tertiary/aromatic N) is 4. The van der Waals surface area contributed by atoms with Crippen molar-refractivity contribution in [3.8, 4) is 11.1 Å². The van der Waals surface area contributed by atoms with Gasteiger partial charge in [0.15, 0.2) is 5.82 Å². The average Bonchev–Trinajstić information content (AvgIpc) is 3.66. The summed E-state index contributed by atoms with van der Waals surface area (Å²) in [6.45, 7) is 0.336. The van der Waals surface area contributed by atoms with Crippen molar-refractivity contribution in [2.45, 2.75) is 24.0 Å². The van der Waals surface area contributed by atoms with Crippen LogP contribution >= 0.6 is 11.8 Å². The van der Waals surface area contributed by atoms with Gasteiger partial charge in [0.05, 0.1) is 30.0 Å². The highest BCUT2D eigenvalue weighted by molar-refractivity contribution is 7.97. The maximum Gasteiger partial charge on any atom is 0.254 e. The number of benzene rings is 2. The van der Waals surface area contributed by atoms with Gasteiger partial charge in [-0.3, -0.25) is 4.79 Å². The van der Waals surface area contributed by atoms with Gasteiger partial charge < -0.3 is 18.7 Å². The van der Waals surface area contributed by atoms with Gasteiger partial charge in [-0.1, -0.05) is 52.8 Å². The Bertz CT molecular complexity index is 1290. The molecule has 0 bridgehead atoms. The van der Waals surface area contributed by atoms with Gasteiger partial charge >= 0.3 is 0 Å². The van der Waals surface area contributed by atoms with Crippen molar-refractivity contribution >= 4 is 23.4 Å². The van der Waals surface area contributed by atoms with Crippen molar-refractivity contribution < 1.29 is 18.6 Å². The van der Waals surface area contributed by atoms with Crippen molar-refractivity contribution in [3.63, 3.8) is 0 Å². The van der Waals surface area contributed by atoms with Crippen LogP contribution in [0.5, 0.6) is 0 Å². The molecule has 0 saturated carbocycles. The van der Waals surface area contributed by atoms with E-state index in [1.165, 1.54) is 7.11 Å².